The maximum atomic E-state index is 13.2. The van der Waals surface area contributed by atoms with Crippen molar-refractivity contribution in [1.29, 1.82) is 0 Å². The first-order valence-corrected chi connectivity index (χ1v) is 8.08. The second-order valence-electron chi connectivity index (χ2n) is 5.14. The first-order valence-electron chi connectivity index (χ1n) is 7.26. The van der Waals surface area contributed by atoms with Gasteiger partial charge in [0.2, 0.25) is 0 Å². The van der Waals surface area contributed by atoms with Crippen LogP contribution < -0.4 is 4.65 Å². The SMILES string of the molecule is O=C(Cc1cccc(F)c1)c1ccc(-c2ccc(O[B]O)cc2)s1. The third-order valence-corrected chi connectivity index (χ3v) is 4.64. The van der Waals surface area contributed by atoms with Crippen molar-refractivity contribution in [3.05, 3.63) is 76.9 Å². The molecule has 0 saturated heterocycles. The molecule has 0 saturated carbocycles. The van der Waals surface area contributed by atoms with Crippen LogP contribution in [0, 0.1) is 5.82 Å². The van der Waals surface area contributed by atoms with Gasteiger partial charge in [0.25, 0.3) is 0 Å². The van der Waals surface area contributed by atoms with Gasteiger partial charge in [-0.2, -0.15) is 0 Å². The number of rotatable bonds is 6. The molecule has 1 N–H and O–H groups in total. The zero-order chi connectivity index (χ0) is 16.9. The Bertz CT molecular complexity index is 845. The van der Waals surface area contributed by atoms with E-state index >= 15 is 0 Å². The highest BCUT2D eigenvalue weighted by Gasteiger charge is 2.12. The zero-order valence-electron chi connectivity index (χ0n) is 12.6. The predicted molar refractivity (Wildman–Crippen MR) is 92.8 cm³/mol. The van der Waals surface area contributed by atoms with Crippen LogP contribution in [0.2, 0.25) is 0 Å². The Morgan fingerprint density at radius 2 is 1.92 bits per heavy atom. The summed E-state index contributed by atoms with van der Waals surface area (Å²) in [6, 6.07) is 16.9. The van der Waals surface area contributed by atoms with Gasteiger partial charge in [-0.1, -0.05) is 12.1 Å². The van der Waals surface area contributed by atoms with Crippen LogP contribution >= 0.6 is 11.3 Å². The van der Waals surface area contributed by atoms with Gasteiger partial charge in [0.15, 0.2) is 5.78 Å². The number of thiophene rings is 1. The van der Waals surface area contributed by atoms with Crippen LogP contribution in [-0.4, -0.2) is 18.5 Å². The van der Waals surface area contributed by atoms with E-state index in [9.17, 15) is 9.18 Å². The molecule has 0 atom stereocenters. The Hall–Kier alpha value is -2.44. The van der Waals surface area contributed by atoms with Crippen molar-refractivity contribution < 1.29 is 18.9 Å². The molecule has 0 fully saturated rings. The van der Waals surface area contributed by atoms with Crippen molar-refractivity contribution in [2.45, 2.75) is 6.42 Å². The molecule has 0 bridgehead atoms. The summed E-state index contributed by atoms with van der Waals surface area (Å²) in [6.07, 6.45) is 0.177. The second kappa shape index (κ2) is 7.42. The highest BCUT2D eigenvalue weighted by Crippen LogP contribution is 2.30. The van der Waals surface area contributed by atoms with Crippen molar-refractivity contribution in [2.24, 2.45) is 0 Å². The Balaban J connectivity index is 1.73. The van der Waals surface area contributed by atoms with Crippen LogP contribution in [0.15, 0.2) is 60.7 Å². The van der Waals surface area contributed by atoms with Crippen molar-refractivity contribution in [3.8, 4) is 16.2 Å². The molecule has 0 aliphatic carbocycles. The molecule has 1 heterocycles. The summed E-state index contributed by atoms with van der Waals surface area (Å²) in [6.45, 7) is 0. The van der Waals surface area contributed by atoms with Gasteiger partial charge in [-0.3, -0.25) is 4.79 Å². The van der Waals surface area contributed by atoms with Crippen molar-refractivity contribution in [3.63, 3.8) is 0 Å². The van der Waals surface area contributed by atoms with Gasteiger partial charge in [-0.05, 0) is 59.7 Å². The minimum absolute atomic E-state index is 0.0355. The summed E-state index contributed by atoms with van der Waals surface area (Å²) in [5.74, 6) is 0.154. The number of benzene rings is 2. The van der Waals surface area contributed by atoms with Crippen LogP contribution in [0.5, 0.6) is 5.75 Å². The summed E-state index contributed by atoms with van der Waals surface area (Å²) in [5.41, 5.74) is 1.62. The summed E-state index contributed by atoms with van der Waals surface area (Å²) >= 11 is 1.40. The number of carbonyl (C=O) groups is 1. The monoisotopic (exact) mass is 339 g/mol. The van der Waals surface area contributed by atoms with Gasteiger partial charge in [0.05, 0.1) is 4.88 Å². The van der Waals surface area contributed by atoms with E-state index < -0.39 is 0 Å². The average molecular weight is 339 g/mol. The summed E-state index contributed by atoms with van der Waals surface area (Å²) in [7, 11) is 0.628. The van der Waals surface area contributed by atoms with Gasteiger partial charge < -0.3 is 9.68 Å². The highest BCUT2D eigenvalue weighted by atomic mass is 32.1. The first kappa shape index (κ1) is 16.4. The normalized spacial score (nSPS) is 10.4. The van der Waals surface area contributed by atoms with Crippen LogP contribution in [0.1, 0.15) is 15.2 Å². The third kappa shape index (κ3) is 3.90. The first-order chi connectivity index (χ1) is 11.7. The molecule has 24 heavy (non-hydrogen) atoms. The molecule has 0 unspecified atom stereocenters. The molecule has 119 valence electrons. The average Bonchev–Trinajstić information content (AvgIpc) is 3.06. The lowest BCUT2D eigenvalue weighted by molar-refractivity contribution is 0.0997. The molecular formula is C18H13BFO3S. The highest BCUT2D eigenvalue weighted by molar-refractivity contribution is 7.17. The number of carbonyl (C=O) groups excluding carboxylic acids is 1. The number of hydrogen-bond donors (Lipinski definition) is 1. The molecule has 0 spiro atoms. The molecule has 0 amide bonds. The fourth-order valence-electron chi connectivity index (χ4n) is 2.32. The third-order valence-electron chi connectivity index (χ3n) is 3.46. The summed E-state index contributed by atoms with van der Waals surface area (Å²) < 4.78 is 18.1. The number of Topliss-reactive ketones (excluding diaryl/α,β-unsaturated/α-hetero) is 1. The van der Waals surface area contributed by atoms with E-state index in [1.54, 1.807) is 30.3 Å². The Labute approximate surface area is 143 Å². The number of ketones is 1. The smallest absolute Gasteiger partial charge is 0.537 e. The van der Waals surface area contributed by atoms with E-state index in [0.717, 1.165) is 10.4 Å². The summed E-state index contributed by atoms with van der Waals surface area (Å²) in [4.78, 5) is 13.9. The number of halogens is 1. The lowest BCUT2D eigenvalue weighted by Gasteiger charge is -2.02. The van der Waals surface area contributed by atoms with Crippen LogP contribution in [0.4, 0.5) is 4.39 Å². The van der Waals surface area contributed by atoms with E-state index in [4.69, 9.17) is 9.68 Å². The molecular weight excluding hydrogens is 326 g/mol. The molecule has 1 aromatic heterocycles. The van der Waals surface area contributed by atoms with E-state index in [2.05, 4.69) is 0 Å². The molecule has 3 nitrogen and oxygen atoms in total. The van der Waals surface area contributed by atoms with Crippen molar-refractivity contribution in [1.82, 2.24) is 0 Å². The Morgan fingerprint density at radius 3 is 2.62 bits per heavy atom. The molecule has 3 rings (SSSR count). The van der Waals surface area contributed by atoms with E-state index in [-0.39, 0.29) is 18.0 Å². The zero-order valence-corrected chi connectivity index (χ0v) is 13.4. The van der Waals surface area contributed by atoms with Crippen LogP contribution in [0.3, 0.4) is 0 Å². The van der Waals surface area contributed by atoms with Gasteiger partial charge in [0, 0.05) is 11.3 Å². The van der Waals surface area contributed by atoms with Gasteiger partial charge in [-0.15, -0.1) is 11.3 Å². The molecule has 1 radical (unpaired) electrons. The fraction of sp³-hybridized carbons (Fsp3) is 0.0556. The van der Waals surface area contributed by atoms with E-state index in [1.807, 2.05) is 18.2 Å². The van der Waals surface area contributed by atoms with Crippen molar-refractivity contribution in [2.75, 3.05) is 0 Å². The Morgan fingerprint density at radius 1 is 1.12 bits per heavy atom. The fourth-order valence-corrected chi connectivity index (χ4v) is 3.27. The Kier molecular flexibility index (Phi) is 5.08. The van der Waals surface area contributed by atoms with E-state index in [0.29, 0.717) is 23.9 Å². The standard InChI is InChI=1S/C18H13BFO3S/c20-14-3-1-2-12(10-14)11-16(21)18-9-8-17(24-18)13-4-6-15(7-5-13)23-19-22/h1-10,22H,11H2. The van der Waals surface area contributed by atoms with Crippen molar-refractivity contribution >= 4 is 24.8 Å². The molecule has 0 aliphatic rings. The van der Waals surface area contributed by atoms with E-state index in [1.165, 1.54) is 23.5 Å². The largest absolute Gasteiger partial charge is 0.569 e. The van der Waals surface area contributed by atoms with Gasteiger partial charge >= 0.3 is 7.69 Å². The van der Waals surface area contributed by atoms with Crippen LogP contribution in [0.25, 0.3) is 10.4 Å². The van der Waals surface area contributed by atoms with Gasteiger partial charge in [0.1, 0.15) is 11.6 Å². The lowest BCUT2D eigenvalue weighted by Crippen LogP contribution is -2.01. The maximum Gasteiger partial charge on any atom is 0.569 e. The molecule has 2 aromatic carbocycles. The van der Waals surface area contributed by atoms with Crippen LogP contribution in [-0.2, 0) is 6.42 Å². The number of hydrogen-bond acceptors (Lipinski definition) is 4. The molecule has 0 aliphatic heterocycles. The minimum atomic E-state index is -0.338. The quantitative estimate of drug-likeness (QED) is 0.548. The second-order valence-corrected chi connectivity index (χ2v) is 6.23. The lowest BCUT2D eigenvalue weighted by atomic mass is 10.1. The maximum absolute atomic E-state index is 13.2. The molecule has 6 heteroatoms. The topological polar surface area (TPSA) is 46.5 Å². The minimum Gasteiger partial charge on any atom is -0.537 e. The molecule has 3 aromatic rings. The predicted octanol–water partition coefficient (Wildman–Crippen LogP) is 3.88. The van der Waals surface area contributed by atoms with Gasteiger partial charge in [-0.25, -0.2) is 4.39 Å². The summed E-state index contributed by atoms with van der Waals surface area (Å²) in [5, 5.41) is 8.60.